The summed E-state index contributed by atoms with van der Waals surface area (Å²) >= 11 is 11.8. The van der Waals surface area contributed by atoms with E-state index in [0.717, 1.165) is 6.07 Å². The van der Waals surface area contributed by atoms with Gasteiger partial charge in [-0.1, -0.05) is 0 Å². The molecule has 0 spiro atoms. The van der Waals surface area contributed by atoms with Crippen molar-refractivity contribution in [2.75, 3.05) is 0 Å². The number of aromatic hydroxyl groups is 3. The molecule has 11 heteroatoms. The number of aromatic carboxylic acids is 2. The smallest absolute Gasteiger partial charge is 0.339 e. The lowest BCUT2D eigenvalue weighted by molar-refractivity contribution is 0.0683. The van der Waals surface area contributed by atoms with Crippen molar-refractivity contribution in [2.24, 2.45) is 0 Å². The van der Waals surface area contributed by atoms with Crippen LogP contribution in [0.4, 0.5) is 0 Å². The van der Waals surface area contributed by atoms with E-state index in [2.05, 4.69) is 63.7 Å². The predicted octanol–water partition coefficient (Wildman–Crippen LogP) is 4.94. The Kier molecular flexibility index (Phi) is 7.72. The molecule has 0 amide bonds. The summed E-state index contributed by atoms with van der Waals surface area (Å²) in [7, 11) is 0. The standard InChI is InChI=1S/C7H4Br2O4.C7H4Br2O3/c8-3-1-2(7(12)13)5(10)4(9)6(3)11;8-4-1-3(7(11)12)2-5(9)6(4)10/h1,10-11H,(H,12,13);1-2,10H,(H,11,12). The predicted molar refractivity (Wildman–Crippen MR) is 103 cm³/mol. The normalized spacial score (nSPS) is 9.92. The monoisotopic (exact) mass is 604 g/mol. The van der Waals surface area contributed by atoms with Crippen LogP contribution < -0.4 is 0 Å². The van der Waals surface area contributed by atoms with Crippen molar-refractivity contribution >= 4 is 75.7 Å². The first-order valence-electron chi connectivity index (χ1n) is 6.01. The Labute approximate surface area is 174 Å². The lowest BCUT2D eigenvalue weighted by Crippen LogP contribution is -1.97. The fraction of sp³-hybridized carbons (Fsp3) is 0. The van der Waals surface area contributed by atoms with Crippen molar-refractivity contribution in [2.45, 2.75) is 0 Å². The summed E-state index contributed by atoms with van der Waals surface area (Å²) in [5.41, 5.74) is -0.164. The number of carboxylic acid groups (broad SMARTS) is 2. The van der Waals surface area contributed by atoms with Gasteiger partial charge in [0.1, 0.15) is 27.3 Å². The number of rotatable bonds is 2. The lowest BCUT2D eigenvalue weighted by Gasteiger charge is -2.05. The highest BCUT2D eigenvalue weighted by Crippen LogP contribution is 2.41. The third kappa shape index (κ3) is 5.33. The zero-order chi connectivity index (χ0) is 19.5. The van der Waals surface area contributed by atoms with Crippen molar-refractivity contribution in [3.63, 3.8) is 0 Å². The molecule has 0 heterocycles. The van der Waals surface area contributed by atoms with E-state index in [1.807, 2.05) is 0 Å². The second-order valence-electron chi connectivity index (χ2n) is 4.32. The summed E-state index contributed by atoms with van der Waals surface area (Å²) in [6, 6.07) is 3.79. The molecule has 0 aliphatic heterocycles. The number of hydrogen-bond acceptors (Lipinski definition) is 5. The zero-order valence-corrected chi connectivity index (χ0v) is 18.1. The molecule has 134 valence electrons. The minimum atomic E-state index is -1.26. The van der Waals surface area contributed by atoms with Crippen LogP contribution in [0.3, 0.4) is 0 Å². The molecule has 0 fully saturated rings. The molecular formula is C14H8Br4O7. The van der Waals surface area contributed by atoms with Crippen LogP contribution in [0.15, 0.2) is 36.1 Å². The van der Waals surface area contributed by atoms with Crippen molar-refractivity contribution in [3.05, 3.63) is 47.2 Å². The molecule has 0 unspecified atom stereocenters. The molecule has 5 N–H and O–H groups in total. The maximum Gasteiger partial charge on any atom is 0.339 e. The minimum absolute atomic E-state index is 0.000000000000000222. The van der Waals surface area contributed by atoms with Crippen molar-refractivity contribution in [1.29, 1.82) is 0 Å². The molecule has 2 aromatic carbocycles. The second-order valence-corrected chi connectivity index (χ2v) is 7.67. The SMILES string of the molecule is O=C(O)c1cc(Br)c(O)c(Br)c1.O=C(O)c1cc(Br)c(O)c(Br)c1O. The summed E-state index contributed by atoms with van der Waals surface area (Å²) in [6.45, 7) is 0. The van der Waals surface area contributed by atoms with Gasteiger partial charge in [-0.15, -0.1) is 0 Å². The highest BCUT2D eigenvalue weighted by atomic mass is 79.9. The van der Waals surface area contributed by atoms with Gasteiger partial charge in [0.15, 0.2) is 0 Å². The van der Waals surface area contributed by atoms with E-state index in [1.54, 1.807) is 0 Å². The fourth-order valence-corrected chi connectivity index (χ4v) is 3.76. The number of phenolic OH excluding ortho intramolecular Hbond substituents is 2. The molecule has 0 aromatic heterocycles. The Balaban J connectivity index is 0.000000251. The molecule has 0 radical (unpaired) electrons. The summed E-state index contributed by atoms with van der Waals surface area (Å²) in [4.78, 5) is 21.0. The van der Waals surface area contributed by atoms with Gasteiger partial charge in [-0.3, -0.25) is 0 Å². The molecular weight excluding hydrogens is 600 g/mol. The van der Waals surface area contributed by atoms with Crippen LogP contribution in [-0.4, -0.2) is 37.5 Å². The Hall–Kier alpha value is -1.30. The van der Waals surface area contributed by atoms with Gasteiger partial charge in [0.25, 0.3) is 0 Å². The maximum absolute atomic E-state index is 10.6. The Morgan fingerprint density at radius 1 is 0.680 bits per heavy atom. The van der Waals surface area contributed by atoms with Gasteiger partial charge in [0.05, 0.1) is 19.0 Å². The molecule has 7 nitrogen and oxygen atoms in total. The van der Waals surface area contributed by atoms with Gasteiger partial charge in [0.2, 0.25) is 0 Å². The Bertz CT molecular complexity index is 829. The number of phenols is 3. The average Bonchev–Trinajstić information content (AvgIpc) is 2.53. The molecule has 0 aliphatic rings. The van der Waals surface area contributed by atoms with E-state index in [4.69, 9.17) is 10.2 Å². The fourth-order valence-electron chi connectivity index (χ4n) is 1.45. The zero-order valence-electron chi connectivity index (χ0n) is 11.8. The van der Waals surface area contributed by atoms with Gasteiger partial charge in [-0.2, -0.15) is 0 Å². The molecule has 2 aromatic rings. The van der Waals surface area contributed by atoms with Gasteiger partial charge in [0, 0.05) is 0 Å². The number of hydrogen-bond donors (Lipinski definition) is 5. The highest BCUT2D eigenvalue weighted by Gasteiger charge is 2.18. The third-order valence-electron chi connectivity index (χ3n) is 2.66. The maximum atomic E-state index is 10.6. The Morgan fingerprint density at radius 2 is 1.12 bits per heavy atom. The van der Waals surface area contributed by atoms with Gasteiger partial charge >= 0.3 is 11.9 Å². The van der Waals surface area contributed by atoms with E-state index in [0.29, 0.717) is 8.95 Å². The second kappa shape index (κ2) is 8.88. The molecule has 0 bridgehead atoms. The number of carbonyl (C=O) groups is 2. The van der Waals surface area contributed by atoms with Crippen molar-refractivity contribution < 1.29 is 35.1 Å². The topological polar surface area (TPSA) is 135 Å². The van der Waals surface area contributed by atoms with Crippen molar-refractivity contribution in [3.8, 4) is 17.2 Å². The van der Waals surface area contributed by atoms with Crippen LogP contribution in [0.1, 0.15) is 20.7 Å². The largest absolute Gasteiger partial charge is 0.506 e. The number of halogens is 4. The van der Waals surface area contributed by atoms with Crippen LogP contribution >= 0.6 is 63.7 Å². The molecule has 2 rings (SSSR count). The summed E-state index contributed by atoms with van der Waals surface area (Å²) in [6.07, 6.45) is 0. The summed E-state index contributed by atoms with van der Waals surface area (Å²) in [5, 5.41) is 45.0. The molecule has 0 saturated heterocycles. The first-order chi connectivity index (χ1) is 11.5. The summed E-state index contributed by atoms with van der Waals surface area (Å²) < 4.78 is 0.873. The quantitative estimate of drug-likeness (QED) is 0.327. The molecule has 25 heavy (non-hydrogen) atoms. The molecule has 0 saturated carbocycles. The molecule has 0 aliphatic carbocycles. The van der Waals surface area contributed by atoms with Crippen LogP contribution in [-0.2, 0) is 0 Å². The highest BCUT2D eigenvalue weighted by molar-refractivity contribution is 9.11. The minimum Gasteiger partial charge on any atom is -0.506 e. The van der Waals surface area contributed by atoms with E-state index < -0.39 is 17.7 Å². The van der Waals surface area contributed by atoms with Gasteiger partial charge < -0.3 is 25.5 Å². The third-order valence-corrected chi connectivity index (χ3v) is 5.23. The van der Waals surface area contributed by atoms with Gasteiger partial charge in [-0.05, 0) is 81.9 Å². The number of benzene rings is 2. The van der Waals surface area contributed by atoms with E-state index in [1.165, 1.54) is 12.1 Å². The van der Waals surface area contributed by atoms with E-state index in [9.17, 15) is 24.9 Å². The van der Waals surface area contributed by atoms with Crippen molar-refractivity contribution in [1.82, 2.24) is 0 Å². The van der Waals surface area contributed by atoms with Crippen LogP contribution in [0.5, 0.6) is 17.2 Å². The van der Waals surface area contributed by atoms with Gasteiger partial charge in [-0.25, -0.2) is 9.59 Å². The van der Waals surface area contributed by atoms with Crippen LogP contribution in [0, 0.1) is 0 Å². The lowest BCUT2D eigenvalue weighted by atomic mass is 10.2. The first kappa shape index (κ1) is 21.7. The van der Waals surface area contributed by atoms with E-state index >= 15 is 0 Å². The molecule has 0 atom stereocenters. The average molecular weight is 608 g/mol. The Morgan fingerprint density at radius 3 is 1.52 bits per heavy atom. The van der Waals surface area contributed by atoms with Crippen LogP contribution in [0.25, 0.3) is 0 Å². The van der Waals surface area contributed by atoms with Crippen LogP contribution in [0.2, 0.25) is 0 Å². The van der Waals surface area contributed by atoms with E-state index in [-0.39, 0.29) is 31.6 Å². The number of carboxylic acids is 2. The summed E-state index contributed by atoms with van der Waals surface area (Å²) in [5.74, 6) is -3.02. The first-order valence-corrected chi connectivity index (χ1v) is 9.19.